The molecule has 0 aliphatic heterocycles. The van der Waals surface area contributed by atoms with Crippen LogP contribution in [0.5, 0.6) is 0 Å². The molecule has 0 fully saturated rings. The number of rotatable bonds is 4. The fraction of sp³-hybridized carbons (Fsp3) is 0.462. The Bertz CT molecular complexity index is 404. The Morgan fingerprint density at radius 1 is 1.47 bits per heavy atom. The lowest BCUT2D eigenvalue weighted by Gasteiger charge is -2.25. The van der Waals surface area contributed by atoms with Gasteiger partial charge in [-0.1, -0.05) is 34.1 Å². The number of halogens is 1. The van der Waals surface area contributed by atoms with Crippen LogP contribution in [0, 0.1) is 5.41 Å². The van der Waals surface area contributed by atoms with Crippen molar-refractivity contribution in [3.8, 4) is 0 Å². The van der Waals surface area contributed by atoms with Crippen LogP contribution in [0.4, 0.5) is 0 Å². The fourth-order valence-corrected chi connectivity index (χ4v) is 2.02. The molecule has 0 aliphatic carbocycles. The Hall–Kier alpha value is -0.870. The smallest absolute Gasteiger partial charge is 0.227 e. The molecule has 4 heteroatoms. The summed E-state index contributed by atoms with van der Waals surface area (Å²) in [4.78, 5) is 12.0. The topological polar surface area (TPSA) is 55.1 Å². The largest absolute Gasteiger partial charge is 0.349 e. The van der Waals surface area contributed by atoms with E-state index in [1.54, 1.807) is 0 Å². The quantitative estimate of drug-likeness (QED) is 0.898. The Balaban J connectivity index is 2.77. The van der Waals surface area contributed by atoms with Gasteiger partial charge in [0.25, 0.3) is 0 Å². The van der Waals surface area contributed by atoms with Gasteiger partial charge in [0.15, 0.2) is 0 Å². The first-order valence-electron chi connectivity index (χ1n) is 5.64. The van der Waals surface area contributed by atoms with Crippen molar-refractivity contribution in [1.29, 1.82) is 0 Å². The van der Waals surface area contributed by atoms with Crippen molar-refractivity contribution in [1.82, 2.24) is 5.32 Å². The Morgan fingerprint density at radius 2 is 2.06 bits per heavy atom. The van der Waals surface area contributed by atoms with Gasteiger partial charge in [0.05, 0.1) is 11.5 Å². The van der Waals surface area contributed by atoms with Crippen LogP contribution in [-0.4, -0.2) is 12.5 Å². The molecule has 1 amide bonds. The van der Waals surface area contributed by atoms with Gasteiger partial charge in [-0.15, -0.1) is 0 Å². The third kappa shape index (κ3) is 3.54. The van der Waals surface area contributed by atoms with Gasteiger partial charge in [0.1, 0.15) is 0 Å². The third-order valence-corrected chi connectivity index (χ3v) is 3.57. The van der Waals surface area contributed by atoms with Crippen LogP contribution in [0.3, 0.4) is 0 Å². The van der Waals surface area contributed by atoms with E-state index in [1.807, 2.05) is 45.0 Å². The lowest BCUT2D eigenvalue weighted by Crippen LogP contribution is -2.42. The maximum Gasteiger partial charge on any atom is 0.227 e. The zero-order valence-corrected chi connectivity index (χ0v) is 12.0. The number of amides is 1. The molecule has 17 heavy (non-hydrogen) atoms. The van der Waals surface area contributed by atoms with E-state index in [0.29, 0.717) is 6.54 Å². The van der Waals surface area contributed by atoms with E-state index in [9.17, 15) is 4.79 Å². The van der Waals surface area contributed by atoms with E-state index >= 15 is 0 Å². The van der Waals surface area contributed by atoms with Gasteiger partial charge < -0.3 is 11.1 Å². The molecule has 0 spiro atoms. The monoisotopic (exact) mass is 298 g/mol. The van der Waals surface area contributed by atoms with Crippen LogP contribution < -0.4 is 11.1 Å². The van der Waals surface area contributed by atoms with Crippen LogP contribution in [0.1, 0.15) is 32.4 Å². The molecule has 1 unspecified atom stereocenters. The molecule has 1 rings (SSSR count). The summed E-state index contributed by atoms with van der Waals surface area (Å²) in [7, 11) is 0. The van der Waals surface area contributed by atoms with Crippen LogP contribution in [0.15, 0.2) is 28.7 Å². The third-order valence-electron chi connectivity index (χ3n) is 2.84. The molecule has 1 atom stereocenters. The van der Waals surface area contributed by atoms with Crippen molar-refractivity contribution < 1.29 is 4.79 Å². The van der Waals surface area contributed by atoms with Crippen molar-refractivity contribution in [2.24, 2.45) is 11.1 Å². The van der Waals surface area contributed by atoms with Crippen molar-refractivity contribution in [3.63, 3.8) is 0 Å². The highest BCUT2D eigenvalue weighted by Crippen LogP contribution is 2.24. The van der Waals surface area contributed by atoms with Gasteiger partial charge in [-0.3, -0.25) is 4.79 Å². The SMILES string of the molecule is CC(NC(=O)C(C)(C)CN)c1ccccc1Br. The molecule has 3 nitrogen and oxygen atoms in total. The first-order valence-corrected chi connectivity index (χ1v) is 6.43. The minimum atomic E-state index is -0.532. The van der Waals surface area contributed by atoms with Crippen LogP contribution in [0.2, 0.25) is 0 Å². The second-order valence-electron chi connectivity index (χ2n) is 4.80. The summed E-state index contributed by atoms with van der Waals surface area (Å²) in [6.45, 7) is 5.98. The molecule has 94 valence electrons. The highest BCUT2D eigenvalue weighted by atomic mass is 79.9. The van der Waals surface area contributed by atoms with E-state index in [0.717, 1.165) is 10.0 Å². The van der Waals surface area contributed by atoms with Gasteiger partial charge in [-0.2, -0.15) is 0 Å². The van der Waals surface area contributed by atoms with Crippen LogP contribution in [0.25, 0.3) is 0 Å². The molecule has 0 heterocycles. The lowest BCUT2D eigenvalue weighted by atomic mass is 9.92. The Morgan fingerprint density at radius 3 is 2.59 bits per heavy atom. The van der Waals surface area contributed by atoms with E-state index in [-0.39, 0.29) is 11.9 Å². The van der Waals surface area contributed by atoms with Crippen molar-refractivity contribution in [3.05, 3.63) is 34.3 Å². The van der Waals surface area contributed by atoms with Gasteiger partial charge >= 0.3 is 0 Å². The number of nitrogens with two attached hydrogens (primary N) is 1. The molecule has 0 bridgehead atoms. The average Bonchev–Trinajstić information content (AvgIpc) is 2.29. The Kier molecular flexibility index (Phi) is 4.71. The van der Waals surface area contributed by atoms with E-state index in [4.69, 9.17) is 5.73 Å². The molecule has 0 aliphatic rings. The lowest BCUT2D eigenvalue weighted by molar-refractivity contribution is -0.129. The summed E-state index contributed by atoms with van der Waals surface area (Å²) in [6.07, 6.45) is 0. The minimum Gasteiger partial charge on any atom is -0.349 e. The van der Waals surface area contributed by atoms with E-state index in [1.165, 1.54) is 0 Å². The molecule has 0 aromatic heterocycles. The normalized spacial score (nSPS) is 13.2. The maximum atomic E-state index is 12.0. The molecular weight excluding hydrogens is 280 g/mol. The highest BCUT2D eigenvalue weighted by Gasteiger charge is 2.27. The van der Waals surface area contributed by atoms with Gasteiger partial charge in [-0.05, 0) is 32.4 Å². The predicted octanol–water partition coefficient (Wildman–Crippen LogP) is 2.61. The molecule has 3 N–H and O–H groups in total. The summed E-state index contributed by atoms with van der Waals surface area (Å²) >= 11 is 3.48. The molecule has 0 radical (unpaired) electrons. The first-order chi connectivity index (χ1) is 7.88. The molecule has 0 saturated carbocycles. The molecule has 1 aromatic carbocycles. The summed E-state index contributed by atoms with van der Waals surface area (Å²) in [5.74, 6) is -0.0248. The maximum absolute atomic E-state index is 12.0. The Labute approximate surface area is 111 Å². The minimum absolute atomic E-state index is 0.0248. The number of benzene rings is 1. The zero-order valence-electron chi connectivity index (χ0n) is 10.5. The predicted molar refractivity (Wildman–Crippen MR) is 73.5 cm³/mol. The zero-order chi connectivity index (χ0) is 13.1. The number of hydrogen-bond acceptors (Lipinski definition) is 2. The van der Waals surface area contributed by atoms with Crippen molar-refractivity contribution in [2.75, 3.05) is 6.54 Å². The second kappa shape index (κ2) is 5.65. The summed E-state index contributed by atoms with van der Waals surface area (Å²) < 4.78 is 0.998. The van der Waals surface area contributed by atoms with Crippen molar-refractivity contribution >= 4 is 21.8 Å². The van der Waals surface area contributed by atoms with Gasteiger partial charge in [-0.25, -0.2) is 0 Å². The second-order valence-corrected chi connectivity index (χ2v) is 5.66. The fourth-order valence-electron chi connectivity index (χ4n) is 1.39. The molecule has 1 aromatic rings. The summed E-state index contributed by atoms with van der Waals surface area (Å²) in [5.41, 5.74) is 6.11. The highest BCUT2D eigenvalue weighted by molar-refractivity contribution is 9.10. The van der Waals surface area contributed by atoms with Crippen LogP contribution >= 0.6 is 15.9 Å². The van der Waals surface area contributed by atoms with Gasteiger partial charge in [0, 0.05) is 11.0 Å². The van der Waals surface area contributed by atoms with Crippen LogP contribution in [-0.2, 0) is 4.79 Å². The number of carbonyl (C=O) groups is 1. The standard InChI is InChI=1S/C13H19BrN2O/c1-9(10-6-4-5-7-11(10)14)16-12(17)13(2,3)8-15/h4-7,9H,8,15H2,1-3H3,(H,16,17). The van der Waals surface area contributed by atoms with Gasteiger partial charge in [0.2, 0.25) is 5.91 Å². The number of nitrogens with one attached hydrogen (secondary N) is 1. The first kappa shape index (κ1) is 14.2. The number of carbonyl (C=O) groups excluding carboxylic acids is 1. The molecule has 0 saturated heterocycles. The van der Waals surface area contributed by atoms with E-state index in [2.05, 4.69) is 21.2 Å². The average molecular weight is 299 g/mol. The summed E-state index contributed by atoms with van der Waals surface area (Å²) in [6, 6.07) is 7.82. The number of hydrogen-bond donors (Lipinski definition) is 2. The summed E-state index contributed by atoms with van der Waals surface area (Å²) in [5, 5.41) is 2.98. The molecular formula is C13H19BrN2O. The van der Waals surface area contributed by atoms with E-state index < -0.39 is 5.41 Å². The van der Waals surface area contributed by atoms with Crippen molar-refractivity contribution in [2.45, 2.75) is 26.8 Å².